The zero-order valence-corrected chi connectivity index (χ0v) is 49.7. The highest BCUT2D eigenvalue weighted by Crippen LogP contribution is 2.29. The molecule has 1 unspecified atom stereocenters. The first-order valence-corrected chi connectivity index (χ1v) is 30.6. The average molecular weight is 1190 g/mol. The molecule has 4 rings (SSSR count). The van der Waals surface area contributed by atoms with Gasteiger partial charge in [0.15, 0.2) is 24.4 Å². The van der Waals surface area contributed by atoms with Crippen LogP contribution in [0, 0.1) is 21.8 Å². The summed E-state index contributed by atoms with van der Waals surface area (Å²) in [5.74, 6) is 3.98. The quantitative estimate of drug-likeness (QED) is 0.0478. The Morgan fingerprint density at radius 3 is 1.42 bits per heavy atom. The monoisotopic (exact) mass is 1190 g/mol. The first kappa shape index (κ1) is 87.5. The number of benzene rings is 1. The predicted octanol–water partition coefficient (Wildman–Crippen LogP) is 11.4. The Morgan fingerprint density at radius 1 is 0.817 bits per heavy atom. The van der Waals surface area contributed by atoms with Crippen LogP contribution in [0.15, 0.2) is 69.5 Å². The van der Waals surface area contributed by atoms with Gasteiger partial charge >= 0.3 is 0 Å². The number of halogens is 3. The van der Waals surface area contributed by atoms with Gasteiger partial charge in [-0.25, -0.2) is 12.8 Å². The van der Waals surface area contributed by atoms with Crippen LogP contribution in [0.2, 0.25) is 0 Å². The average Bonchev–Trinajstić information content (AvgIpc) is 3.71. The molecule has 0 radical (unpaired) electrons. The van der Waals surface area contributed by atoms with Crippen molar-refractivity contribution in [2.45, 2.75) is 113 Å². The van der Waals surface area contributed by atoms with E-state index in [2.05, 4.69) is 31.2 Å². The fourth-order valence-electron chi connectivity index (χ4n) is 3.34. The predicted molar refractivity (Wildman–Crippen MR) is 292 cm³/mol. The van der Waals surface area contributed by atoms with Crippen molar-refractivity contribution in [3.05, 3.63) is 86.7 Å². The lowest BCUT2D eigenvalue weighted by Crippen LogP contribution is -2.05. The molecular weight excluding hydrogens is 1100 g/mol. The van der Waals surface area contributed by atoms with E-state index >= 15 is 0 Å². The van der Waals surface area contributed by atoms with Crippen molar-refractivity contribution in [2.75, 3.05) is 77.8 Å². The number of alkyl halides is 2. The first-order chi connectivity index (χ1) is 32.6. The van der Waals surface area contributed by atoms with Gasteiger partial charge in [0.2, 0.25) is 0 Å². The smallest absolute Gasteiger partial charge is 0.296 e. The summed E-state index contributed by atoms with van der Waals surface area (Å²) in [6.07, 6.45) is 10.2. The number of ketones is 3. The molecule has 1 fully saturated rings. The van der Waals surface area contributed by atoms with Crippen LogP contribution in [-0.2, 0) is 58.8 Å². The third-order valence-corrected chi connectivity index (χ3v) is 12.2. The summed E-state index contributed by atoms with van der Waals surface area (Å²) in [4.78, 5) is 40.2. The van der Waals surface area contributed by atoms with Crippen LogP contribution >= 0.6 is 27.3 Å². The molecule has 0 spiro atoms. The summed E-state index contributed by atoms with van der Waals surface area (Å²) in [6.45, 7) is 17.4. The zero-order valence-electron chi connectivity index (χ0n) is 44.1. The fraction of sp³-hybridized carbons (Fsp3) is 0.630. The molecule has 1 saturated carbocycles. The molecule has 0 N–H and O–H groups in total. The number of thiophene rings is 1. The zero-order chi connectivity index (χ0) is 57.0. The Balaban J connectivity index is -0.0000000868. The third kappa shape index (κ3) is 75.9. The van der Waals surface area contributed by atoms with Crippen molar-refractivity contribution in [2.24, 2.45) is 5.92 Å². The second-order valence-corrected chi connectivity index (χ2v) is 21.1. The van der Waals surface area contributed by atoms with Crippen LogP contribution in [0.3, 0.4) is 0 Å². The molecule has 2 heterocycles. The second-order valence-electron chi connectivity index (χ2n) is 12.8. The van der Waals surface area contributed by atoms with Crippen LogP contribution < -0.4 is 0 Å². The minimum absolute atomic E-state index is 0. The van der Waals surface area contributed by atoms with Gasteiger partial charge in [-0.15, -0.1) is 11.3 Å². The van der Waals surface area contributed by atoms with Crippen LogP contribution in [0.1, 0.15) is 128 Å². The molecule has 71 heavy (non-hydrogen) atoms. The third-order valence-electron chi connectivity index (χ3n) is 6.39. The highest BCUT2D eigenvalue weighted by atomic mass is 79.9. The summed E-state index contributed by atoms with van der Waals surface area (Å²) >= 11 is 4.42. The van der Waals surface area contributed by atoms with E-state index in [4.69, 9.17) is 19.3 Å². The molecule has 17 nitrogen and oxygen atoms in total. The largest absolute Gasteiger partial charge is 0.461 e. The second kappa shape index (κ2) is 59.4. The number of hydrogen-bond acceptors (Lipinski definition) is 17. The van der Waals surface area contributed by atoms with Gasteiger partial charge in [0.05, 0.1) is 43.2 Å². The van der Waals surface area contributed by atoms with E-state index in [-0.39, 0.29) is 29.6 Å². The maximum Gasteiger partial charge on any atom is 0.296 e. The maximum absolute atomic E-state index is 12.3. The molecule has 0 saturated heterocycles. The number of nitro groups is 1. The molecule has 1 atom stereocenters. The SMILES string of the molecule is C.CBr.CC.CC(=O)C1CC1.CC(=O)c1ccco1.CC(=O)c1cccs1.CCCOC.CCCS(=O)(=O)OC.CCCS(C)(=O)=O.CCCS(C)=O.CF.COS(=O)(=O)c1ccc(F)cc1.C[N+](=O)[O-]. The van der Waals surface area contributed by atoms with Crippen molar-refractivity contribution in [1.29, 1.82) is 0 Å². The highest BCUT2D eigenvalue weighted by molar-refractivity contribution is 9.08. The molecule has 3 aromatic rings. The number of carbonyl (C=O) groups excluding carboxylic acids is 3. The van der Waals surface area contributed by atoms with Gasteiger partial charge in [0.25, 0.3) is 20.2 Å². The van der Waals surface area contributed by atoms with E-state index in [9.17, 15) is 52.6 Å². The van der Waals surface area contributed by atoms with Crippen LogP contribution in [0.4, 0.5) is 8.78 Å². The molecule has 0 bridgehead atoms. The Morgan fingerprint density at radius 2 is 1.28 bits per heavy atom. The number of carbonyl (C=O) groups is 3. The van der Waals surface area contributed by atoms with Crippen LogP contribution in [0.5, 0.6) is 0 Å². The van der Waals surface area contributed by atoms with Gasteiger partial charge in [0, 0.05) is 66.3 Å². The lowest BCUT2D eigenvalue weighted by molar-refractivity contribution is -0.445. The minimum atomic E-state index is -3.68. The summed E-state index contributed by atoms with van der Waals surface area (Å²) in [7, 11) is -4.76. The number of nitrogens with zero attached hydrogens (tertiary/aromatic N) is 1. The maximum atomic E-state index is 12.3. The number of ether oxygens (including phenoxy) is 1. The Hall–Kier alpha value is -3.17. The van der Waals surface area contributed by atoms with E-state index in [1.807, 2.05) is 51.0 Å². The summed E-state index contributed by atoms with van der Waals surface area (Å²) < 4.78 is 113. The molecule has 0 amide bonds. The number of sulfone groups is 1. The summed E-state index contributed by atoms with van der Waals surface area (Å²) in [6, 6.07) is 11.5. The number of hydrogen-bond donors (Lipinski definition) is 0. The van der Waals surface area contributed by atoms with Gasteiger partial charge in [-0.1, -0.05) is 71.0 Å². The molecular formula is C46H86BrF2NO16S5. The lowest BCUT2D eigenvalue weighted by Gasteiger charge is -1.99. The molecule has 2 aromatic heterocycles. The highest BCUT2D eigenvalue weighted by Gasteiger charge is 2.25. The normalized spacial score (nSPS) is 10.6. The number of Topliss-reactive ketones (excluding diaryl/α,β-unsaturated/α-hetero) is 3. The first-order valence-electron chi connectivity index (χ1n) is 21.3. The van der Waals surface area contributed by atoms with Crippen molar-refractivity contribution < 1.29 is 75.1 Å². The van der Waals surface area contributed by atoms with E-state index < -0.39 is 51.6 Å². The Bertz CT molecular complexity index is 1950. The van der Waals surface area contributed by atoms with E-state index in [1.54, 1.807) is 46.3 Å². The molecule has 25 heteroatoms. The van der Waals surface area contributed by atoms with Gasteiger partial charge in [-0.05, 0) is 106 Å². The molecule has 1 aromatic carbocycles. The Labute approximate surface area is 441 Å². The molecule has 0 aliphatic heterocycles. The summed E-state index contributed by atoms with van der Waals surface area (Å²) in [5.41, 5.74) is 0. The topological polar surface area (TPSA) is 255 Å². The van der Waals surface area contributed by atoms with Crippen molar-refractivity contribution >= 4 is 85.5 Å². The van der Waals surface area contributed by atoms with Gasteiger partial charge in [-0.3, -0.25) is 41.5 Å². The summed E-state index contributed by atoms with van der Waals surface area (Å²) in [5, 5.41) is 10.7. The van der Waals surface area contributed by atoms with E-state index in [0.717, 1.165) is 87.8 Å². The standard InChI is InChI=1S/C7H7FO3S.C6H6O2.C6H6OS.C5H8O.C4H10O3S.C4H10O2S.C4H10OS.C4H10O.C2H6.CH3Br.CH3F.CH3NO2.CH4/c1-11-12(9,10)7-4-2-6(8)3-5-7;2*1-5(7)6-3-2-4-8-6;1-4(6)5-2-3-5;1-3-4-8(5,6)7-2;1-3-4-7(2,5)6;1-3-4-6(2)5;1-3-4-5-2;3*1-2;1-2(3)4;/h2-5H,1H3;2*2-4H,1H3;5H,2-3H2,1H3;3-4H2,1-2H3;3-4H2,1-2H3;3-4H2,1-2H3;3-4H2,1-2H3;1-2H3;2*1H3;1H3;1H4. The van der Waals surface area contributed by atoms with Gasteiger partial charge in [-0.2, -0.15) is 16.8 Å². The van der Waals surface area contributed by atoms with Crippen LogP contribution in [-0.4, -0.2) is 129 Å². The van der Waals surface area contributed by atoms with Crippen molar-refractivity contribution in [1.82, 2.24) is 0 Å². The van der Waals surface area contributed by atoms with E-state index in [1.165, 1.54) is 37.9 Å². The Kier molecular flexibility index (Phi) is 73.2. The van der Waals surface area contributed by atoms with Gasteiger partial charge < -0.3 is 9.15 Å². The number of rotatable bonds is 14. The molecule has 422 valence electrons. The molecule has 1 aliphatic rings. The van der Waals surface area contributed by atoms with Crippen molar-refractivity contribution in [3.8, 4) is 0 Å². The lowest BCUT2D eigenvalue weighted by atomic mass is 10.3. The molecule has 1 aliphatic carbocycles. The number of furan rings is 1. The minimum Gasteiger partial charge on any atom is -0.461 e. The fourth-order valence-corrected chi connectivity index (χ4v) is 6.61. The van der Waals surface area contributed by atoms with E-state index in [0.29, 0.717) is 36.8 Å². The van der Waals surface area contributed by atoms with Crippen LogP contribution in [0.25, 0.3) is 0 Å². The van der Waals surface area contributed by atoms with Gasteiger partial charge in [0.1, 0.15) is 21.4 Å². The van der Waals surface area contributed by atoms with Crippen molar-refractivity contribution in [3.63, 3.8) is 0 Å². The number of methoxy groups -OCH3 is 1.